The predicted octanol–water partition coefficient (Wildman–Crippen LogP) is 9.42. The molecule has 0 amide bonds. The molecule has 0 aromatic heterocycles. The van der Waals surface area contributed by atoms with Gasteiger partial charge in [0, 0.05) is 17.1 Å². The van der Waals surface area contributed by atoms with Crippen LogP contribution in [0.15, 0.2) is 121 Å². The molecule has 0 radical (unpaired) electrons. The molecule has 0 saturated carbocycles. The van der Waals surface area contributed by atoms with Gasteiger partial charge in [-0.25, -0.2) is 0 Å². The fraction of sp³-hybridized carbons (Fsp3) is 0.0909. The molecule has 0 aliphatic carbocycles. The molecule has 1 nitrogen and oxygen atoms in total. The van der Waals surface area contributed by atoms with E-state index < -0.39 is 0 Å². The Morgan fingerprint density at radius 3 is 1.62 bits per heavy atom. The van der Waals surface area contributed by atoms with Gasteiger partial charge in [0.05, 0.1) is 0 Å². The van der Waals surface area contributed by atoms with E-state index in [4.69, 9.17) is 0 Å². The molecular formula is C33H29N. The molecule has 0 N–H and O–H groups in total. The summed E-state index contributed by atoms with van der Waals surface area (Å²) in [5.74, 6) is 0. The lowest BCUT2D eigenvalue weighted by atomic mass is 9.95. The Morgan fingerprint density at radius 1 is 0.412 bits per heavy atom. The minimum absolute atomic E-state index is 1.14. The van der Waals surface area contributed by atoms with Crippen LogP contribution >= 0.6 is 0 Å². The summed E-state index contributed by atoms with van der Waals surface area (Å²) in [7, 11) is 0. The van der Waals surface area contributed by atoms with Crippen LogP contribution in [0, 0.1) is 20.8 Å². The van der Waals surface area contributed by atoms with Gasteiger partial charge in [0.2, 0.25) is 0 Å². The summed E-state index contributed by atoms with van der Waals surface area (Å²) in [6, 6.07) is 43.5. The molecule has 166 valence electrons. The van der Waals surface area contributed by atoms with Gasteiger partial charge in [0.1, 0.15) is 0 Å². The molecule has 0 fully saturated rings. The van der Waals surface area contributed by atoms with Crippen LogP contribution in [0.2, 0.25) is 0 Å². The first-order valence-corrected chi connectivity index (χ1v) is 11.8. The summed E-state index contributed by atoms with van der Waals surface area (Å²) in [4.78, 5) is 2.33. The highest BCUT2D eigenvalue weighted by atomic mass is 15.1. The van der Waals surface area contributed by atoms with E-state index in [-0.39, 0.29) is 0 Å². The highest BCUT2D eigenvalue weighted by Gasteiger charge is 2.15. The third kappa shape index (κ3) is 4.38. The molecule has 1 heteroatoms. The normalized spacial score (nSPS) is 10.8. The number of anilines is 3. The molecule has 0 saturated heterocycles. The zero-order valence-electron chi connectivity index (χ0n) is 20.0. The van der Waals surface area contributed by atoms with Gasteiger partial charge < -0.3 is 4.90 Å². The molecule has 0 unspecified atom stereocenters. The molecule has 0 aliphatic rings. The van der Waals surface area contributed by atoms with Crippen molar-refractivity contribution in [2.24, 2.45) is 0 Å². The van der Waals surface area contributed by atoms with Crippen LogP contribution in [0.5, 0.6) is 0 Å². The minimum atomic E-state index is 1.14. The van der Waals surface area contributed by atoms with E-state index in [9.17, 15) is 0 Å². The zero-order valence-corrected chi connectivity index (χ0v) is 20.0. The molecule has 0 aliphatic heterocycles. The number of benzene rings is 5. The zero-order chi connectivity index (χ0) is 23.5. The quantitative estimate of drug-likeness (QED) is 0.263. The van der Waals surface area contributed by atoms with Crippen molar-refractivity contribution in [3.8, 4) is 22.3 Å². The third-order valence-electron chi connectivity index (χ3n) is 6.44. The molecule has 5 rings (SSSR count). The van der Waals surface area contributed by atoms with Crippen molar-refractivity contribution in [3.05, 3.63) is 138 Å². The second-order valence-electron chi connectivity index (χ2n) is 8.90. The topological polar surface area (TPSA) is 3.24 Å². The summed E-state index contributed by atoms with van der Waals surface area (Å²) >= 11 is 0. The number of hydrogen-bond donors (Lipinski definition) is 0. The summed E-state index contributed by atoms with van der Waals surface area (Å²) in [5.41, 5.74) is 12.3. The smallest absolute Gasteiger partial charge is 0.0467 e. The summed E-state index contributed by atoms with van der Waals surface area (Å²) in [6.07, 6.45) is 0. The Hall–Kier alpha value is -4.10. The first-order valence-electron chi connectivity index (χ1n) is 11.8. The maximum absolute atomic E-state index is 2.33. The highest BCUT2D eigenvalue weighted by Crippen LogP contribution is 2.38. The number of nitrogens with zero attached hydrogens (tertiary/aromatic N) is 1. The number of para-hydroxylation sites is 1. The molecule has 34 heavy (non-hydrogen) atoms. The average molecular weight is 440 g/mol. The lowest BCUT2D eigenvalue weighted by Crippen LogP contribution is -2.10. The van der Waals surface area contributed by atoms with Gasteiger partial charge in [-0.3, -0.25) is 0 Å². The van der Waals surface area contributed by atoms with E-state index in [1.807, 2.05) is 0 Å². The van der Waals surface area contributed by atoms with Crippen LogP contribution in [0.4, 0.5) is 17.1 Å². The van der Waals surface area contributed by atoms with Gasteiger partial charge in [-0.1, -0.05) is 90.5 Å². The van der Waals surface area contributed by atoms with Crippen LogP contribution in [-0.2, 0) is 0 Å². The Balaban J connectivity index is 1.60. The van der Waals surface area contributed by atoms with E-state index in [0.717, 1.165) is 17.1 Å². The molecule has 5 aromatic rings. The third-order valence-corrected chi connectivity index (χ3v) is 6.44. The van der Waals surface area contributed by atoms with Crippen molar-refractivity contribution in [3.63, 3.8) is 0 Å². The van der Waals surface area contributed by atoms with Gasteiger partial charge in [0.15, 0.2) is 0 Å². The predicted molar refractivity (Wildman–Crippen MR) is 146 cm³/mol. The van der Waals surface area contributed by atoms with Crippen molar-refractivity contribution < 1.29 is 0 Å². The Bertz CT molecular complexity index is 1400. The van der Waals surface area contributed by atoms with E-state index in [1.54, 1.807) is 0 Å². The van der Waals surface area contributed by atoms with E-state index in [2.05, 4.69) is 147 Å². The van der Waals surface area contributed by atoms with Gasteiger partial charge >= 0.3 is 0 Å². The Morgan fingerprint density at radius 2 is 0.941 bits per heavy atom. The fourth-order valence-corrected chi connectivity index (χ4v) is 4.49. The SMILES string of the molecule is Cc1ccc(-c2ccc(N(c3ccccc3)c3ccc(C)c(-c4ccccc4C)c3)cc2)cc1. The van der Waals surface area contributed by atoms with Crippen LogP contribution in [0.1, 0.15) is 16.7 Å². The minimum Gasteiger partial charge on any atom is -0.310 e. The summed E-state index contributed by atoms with van der Waals surface area (Å²) < 4.78 is 0. The first kappa shape index (κ1) is 21.7. The lowest BCUT2D eigenvalue weighted by molar-refractivity contribution is 1.27. The van der Waals surface area contributed by atoms with Crippen molar-refractivity contribution >= 4 is 17.1 Å². The highest BCUT2D eigenvalue weighted by molar-refractivity contribution is 5.82. The van der Waals surface area contributed by atoms with Crippen LogP contribution in [0.3, 0.4) is 0 Å². The largest absolute Gasteiger partial charge is 0.310 e. The Kier molecular flexibility index (Phi) is 6.01. The molecular weight excluding hydrogens is 410 g/mol. The number of aryl methyl sites for hydroxylation is 3. The van der Waals surface area contributed by atoms with Crippen LogP contribution in [-0.4, -0.2) is 0 Å². The monoisotopic (exact) mass is 439 g/mol. The lowest BCUT2D eigenvalue weighted by Gasteiger charge is -2.27. The molecule has 0 atom stereocenters. The van der Waals surface area contributed by atoms with Crippen LogP contribution in [0.25, 0.3) is 22.3 Å². The Labute approximate surface area is 203 Å². The van der Waals surface area contributed by atoms with E-state index in [1.165, 1.54) is 38.9 Å². The second-order valence-corrected chi connectivity index (χ2v) is 8.90. The van der Waals surface area contributed by atoms with Gasteiger partial charge in [0.25, 0.3) is 0 Å². The van der Waals surface area contributed by atoms with Gasteiger partial charge in [-0.2, -0.15) is 0 Å². The summed E-state index contributed by atoms with van der Waals surface area (Å²) in [5, 5.41) is 0. The van der Waals surface area contributed by atoms with Crippen LogP contribution < -0.4 is 4.90 Å². The molecule has 0 bridgehead atoms. The number of hydrogen-bond acceptors (Lipinski definition) is 1. The van der Waals surface area contributed by atoms with E-state index in [0.29, 0.717) is 0 Å². The van der Waals surface area contributed by atoms with E-state index >= 15 is 0 Å². The standard InChI is InChI=1S/C33H29N/c1-24-13-16-27(17-14-24)28-18-21-30(22-19-28)34(29-10-5-4-6-11-29)31-20-15-26(3)33(23-31)32-12-8-7-9-25(32)2/h4-23H,1-3H3. The average Bonchev–Trinajstić information content (AvgIpc) is 2.87. The van der Waals surface area contributed by atoms with Gasteiger partial charge in [-0.15, -0.1) is 0 Å². The maximum atomic E-state index is 2.33. The second kappa shape index (κ2) is 9.41. The van der Waals surface area contributed by atoms with Crippen molar-refractivity contribution in [2.75, 3.05) is 4.90 Å². The maximum Gasteiger partial charge on any atom is 0.0467 e. The van der Waals surface area contributed by atoms with Crippen molar-refractivity contribution in [2.45, 2.75) is 20.8 Å². The molecule has 0 spiro atoms. The van der Waals surface area contributed by atoms with Crippen molar-refractivity contribution in [1.82, 2.24) is 0 Å². The van der Waals surface area contributed by atoms with Gasteiger partial charge in [-0.05, 0) is 90.6 Å². The molecule has 5 aromatic carbocycles. The number of rotatable bonds is 5. The molecule has 0 heterocycles. The fourth-order valence-electron chi connectivity index (χ4n) is 4.49. The summed E-state index contributed by atoms with van der Waals surface area (Å²) in [6.45, 7) is 6.49. The van der Waals surface area contributed by atoms with Crippen molar-refractivity contribution in [1.29, 1.82) is 0 Å². The first-order chi connectivity index (χ1) is 16.6.